The number of hydrogen-bond acceptors (Lipinski definition) is 11. The molecule has 0 unspecified atom stereocenters. The maximum absolute atomic E-state index is 10.5. The summed E-state index contributed by atoms with van der Waals surface area (Å²) in [7, 11) is 0. The second-order valence-electron chi connectivity index (χ2n) is 19.3. The van der Waals surface area contributed by atoms with Gasteiger partial charge in [-0.2, -0.15) is 0 Å². The summed E-state index contributed by atoms with van der Waals surface area (Å²) < 4.78 is 70.7. The molecule has 0 aromatic heterocycles. The third-order valence-electron chi connectivity index (χ3n) is 14.2. The lowest BCUT2D eigenvalue weighted by Crippen LogP contribution is -2.68. The zero-order chi connectivity index (χ0) is 49.5. The minimum absolute atomic E-state index is 0.105. The number of rotatable bonds is 22. The van der Waals surface area contributed by atoms with E-state index >= 15 is 0 Å². The molecule has 2 saturated heterocycles. The van der Waals surface area contributed by atoms with Gasteiger partial charge in [-0.15, -0.1) is 0 Å². The molecule has 2 heterocycles. The maximum atomic E-state index is 10.5. The van der Waals surface area contributed by atoms with E-state index in [9.17, 15) is 5.53 Å². The molecule has 11 atom stereocenters. The summed E-state index contributed by atoms with van der Waals surface area (Å²) in [6, 6.07) is 58.9. The number of benzene rings is 6. The molecule has 0 N–H and O–H groups in total. The summed E-state index contributed by atoms with van der Waals surface area (Å²) >= 11 is 0. The highest BCUT2D eigenvalue weighted by atomic mass is 16.8. The minimum Gasteiger partial charge on any atom is -0.374 e. The highest BCUT2D eigenvalue weighted by molar-refractivity contribution is 5.19. The van der Waals surface area contributed by atoms with Crippen LogP contribution >= 0.6 is 0 Å². The zero-order valence-electron chi connectivity index (χ0n) is 41.1. The van der Waals surface area contributed by atoms with E-state index in [-0.39, 0.29) is 33.0 Å². The van der Waals surface area contributed by atoms with Crippen LogP contribution in [-0.2, 0) is 87.0 Å². The largest absolute Gasteiger partial charge is 0.374 e. The molecule has 73 heavy (non-hydrogen) atoms. The Morgan fingerprint density at radius 3 is 1.25 bits per heavy atom. The first-order valence-corrected chi connectivity index (χ1v) is 25.7. The van der Waals surface area contributed by atoms with Crippen LogP contribution < -0.4 is 0 Å². The molecule has 4 aliphatic rings. The Labute approximate surface area is 428 Å². The fourth-order valence-electron chi connectivity index (χ4n) is 10.5. The number of fused-ring (bicyclic) bond motifs is 1. The molecule has 0 amide bonds. The predicted octanol–water partition coefficient (Wildman–Crippen LogP) is 11.4. The van der Waals surface area contributed by atoms with Crippen LogP contribution in [0.5, 0.6) is 0 Å². The van der Waals surface area contributed by atoms with Gasteiger partial charge in [-0.25, -0.2) is 0 Å². The summed E-state index contributed by atoms with van der Waals surface area (Å²) in [6.07, 6.45) is -3.74. The van der Waals surface area contributed by atoms with E-state index < -0.39 is 73.1 Å². The van der Waals surface area contributed by atoms with Crippen molar-refractivity contribution >= 4 is 0 Å². The van der Waals surface area contributed by atoms with Gasteiger partial charge in [-0.1, -0.05) is 194 Å². The molecule has 13 nitrogen and oxygen atoms in total. The summed E-state index contributed by atoms with van der Waals surface area (Å²) in [6.45, 7) is 1.66. The third-order valence-corrected chi connectivity index (χ3v) is 14.2. The van der Waals surface area contributed by atoms with Crippen molar-refractivity contribution in [2.75, 3.05) is 6.61 Å². The summed E-state index contributed by atoms with van der Waals surface area (Å²) in [5.74, 6) is -0.884. The average molecular weight is 988 g/mol. The minimum atomic E-state index is -1.21. The fourth-order valence-corrected chi connectivity index (χ4v) is 10.5. The van der Waals surface area contributed by atoms with Crippen LogP contribution in [0.4, 0.5) is 0 Å². The molecule has 13 heteroatoms. The van der Waals surface area contributed by atoms with E-state index in [4.69, 9.17) is 47.4 Å². The Kier molecular flexibility index (Phi) is 17.7. The van der Waals surface area contributed by atoms with Crippen molar-refractivity contribution in [2.24, 2.45) is 5.11 Å². The Hall–Kier alpha value is -5.77. The van der Waals surface area contributed by atoms with Gasteiger partial charge < -0.3 is 47.4 Å². The SMILES string of the molecule is [N-]=[N+]=N[C@H]1[C@@H](O[C@@H]2[C@@H](OCc3ccccc3)[C@H](OCc3ccccc3)[C@@H](OCc3ccccc3)[C@H]3OC4(CCCCC4)O[C@@H]23)O[C@H](COCc2ccccc2)[C@@H](OCc2ccccc2)[C@@H]1OCc1ccccc1. The lowest BCUT2D eigenvalue weighted by molar-refractivity contribution is -0.328. The van der Waals surface area contributed by atoms with E-state index in [0.717, 1.165) is 52.6 Å². The second kappa shape index (κ2) is 25.4. The summed E-state index contributed by atoms with van der Waals surface area (Å²) in [5, 5.41) is 4.47. The molecule has 6 aromatic carbocycles. The van der Waals surface area contributed by atoms with Gasteiger partial charge in [0.2, 0.25) is 0 Å². The molecule has 380 valence electrons. The van der Waals surface area contributed by atoms with E-state index in [2.05, 4.69) is 10.0 Å². The van der Waals surface area contributed by atoms with Gasteiger partial charge >= 0.3 is 0 Å². The van der Waals surface area contributed by atoms with Gasteiger partial charge in [0.1, 0.15) is 61.0 Å². The van der Waals surface area contributed by atoms with E-state index in [0.29, 0.717) is 26.1 Å². The first-order valence-electron chi connectivity index (χ1n) is 25.7. The maximum Gasteiger partial charge on any atom is 0.169 e. The van der Waals surface area contributed by atoms with E-state index in [1.807, 2.05) is 182 Å². The Balaban J connectivity index is 1.05. The first kappa shape index (κ1) is 50.7. The van der Waals surface area contributed by atoms with Gasteiger partial charge in [0, 0.05) is 17.8 Å². The van der Waals surface area contributed by atoms with Crippen molar-refractivity contribution in [2.45, 2.75) is 145 Å². The van der Waals surface area contributed by atoms with E-state index in [1.54, 1.807) is 0 Å². The number of azide groups is 1. The van der Waals surface area contributed by atoms with Crippen LogP contribution in [0.1, 0.15) is 65.5 Å². The number of nitrogens with zero attached hydrogens (tertiary/aromatic N) is 3. The fraction of sp³-hybridized carbons (Fsp3) is 0.400. The zero-order valence-corrected chi connectivity index (χ0v) is 41.1. The van der Waals surface area contributed by atoms with Gasteiger partial charge in [-0.05, 0) is 51.8 Å². The molecule has 0 bridgehead atoms. The highest BCUT2D eigenvalue weighted by Crippen LogP contribution is 2.48. The van der Waals surface area contributed by atoms with Crippen molar-refractivity contribution in [3.63, 3.8) is 0 Å². The quantitative estimate of drug-likeness (QED) is 0.0367. The van der Waals surface area contributed by atoms with Gasteiger partial charge in [0.05, 0.1) is 46.2 Å². The topological polar surface area (TPSA) is 141 Å². The van der Waals surface area contributed by atoms with Crippen LogP contribution in [0.15, 0.2) is 187 Å². The Morgan fingerprint density at radius 2 is 0.808 bits per heavy atom. The molecule has 4 fully saturated rings. The molecule has 10 rings (SSSR count). The molecule has 2 saturated carbocycles. The monoisotopic (exact) mass is 987 g/mol. The Morgan fingerprint density at radius 1 is 0.438 bits per heavy atom. The van der Waals surface area contributed by atoms with Gasteiger partial charge in [0.15, 0.2) is 12.1 Å². The standard InChI is InChI=1S/C60H65N3O10/c61-63-62-50-52(66-38-45-26-12-3-13-27-45)51(65-37-44-24-10-2-11-25-44)49(42-64-36-43-22-8-1-9-23-43)70-59(50)71-56-54(68-40-47-30-16-5-17-31-47)53(67-39-46-28-14-4-15-29-46)55(69-41-48-32-18-6-19-33-48)57-58(56)73-60(72-57)34-20-7-21-35-60/h1-6,8-19,22-33,49-59H,7,20-21,34-42H2/t49-,50-,51-,52-,53+,54+,55-,56-,57-,58+,59-/m1/s1. The Bertz CT molecular complexity index is 2590. The summed E-state index contributed by atoms with van der Waals surface area (Å²) in [5.41, 5.74) is 16.3. The molecule has 6 aromatic rings. The van der Waals surface area contributed by atoms with Crippen molar-refractivity contribution in [1.29, 1.82) is 0 Å². The molecular formula is C60H65N3O10. The molecular weight excluding hydrogens is 923 g/mol. The van der Waals surface area contributed by atoms with Crippen LogP contribution in [-0.4, -0.2) is 79.7 Å². The number of ether oxygens (including phenoxy) is 10. The van der Waals surface area contributed by atoms with Crippen molar-refractivity contribution in [3.8, 4) is 0 Å². The molecule has 1 spiro atoms. The van der Waals surface area contributed by atoms with Crippen molar-refractivity contribution < 1.29 is 47.4 Å². The van der Waals surface area contributed by atoms with Crippen molar-refractivity contribution in [3.05, 3.63) is 226 Å². The van der Waals surface area contributed by atoms with Crippen LogP contribution in [0.3, 0.4) is 0 Å². The highest BCUT2D eigenvalue weighted by Gasteiger charge is 2.63. The van der Waals surface area contributed by atoms with E-state index in [1.165, 1.54) is 0 Å². The molecule has 2 aliphatic carbocycles. The molecule has 0 radical (unpaired) electrons. The van der Waals surface area contributed by atoms with Gasteiger partial charge in [-0.3, -0.25) is 0 Å². The lowest BCUT2D eigenvalue weighted by atomic mass is 9.83. The summed E-state index contributed by atoms with van der Waals surface area (Å²) in [4.78, 5) is 3.43. The number of hydrogen-bond donors (Lipinski definition) is 0. The van der Waals surface area contributed by atoms with Crippen molar-refractivity contribution in [1.82, 2.24) is 0 Å². The smallest absolute Gasteiger partial charge is 0.169 e. The first-order chi connectivity index (χ1) is 36.1. The average Bonchev–Trinajstić information content (AvgIpc) is 3.81. The third kappa shape index (κ3) is 13.1. The van der Waals surface area contributed by atoms with Crippen LogP contribution in [0.2, 0.25) is 0 Å². The van der Waals surface area contributed by atoms with Crippen LogP contribution in [0, 0.1) is 0 Å². The predicted molar refractivity (Wildman–Crippen MR) is 273 cm³/mol. The van der Waals surface area contributed by atoms with Crippen LogP contribution in [0.25, 0.3) is 10.4 Å². The second-order valence-corrected chi connectivity index (χ2v) is 19.3. The lowest BCUT2D eigenvalue weighted by Gasteiger charge is -2.50. The normalized spacial score (nSPS) is 27.5. The van der Waals surface area contributed by atoms with Gasteiger partial charge in [0.25, 0.3) is 0 Å². The molecule has 2 aliphatic heterocycles.